The van der Waals surface area contributed by atoms with Crippen LogP contribution in [-0.4, -0.2) is 0 Å². The molecule has 0 aliphatic carbocycles. The van der Waals surface area contributed by atoms with Crippen LogP contribution in [0.4, 0.5) is 4.39 Å². The Morgan fingerprint density at radius 2 is 1.73 bits per heavy atom. The van der Waals surface area contributed by atoms with Crippen molar-refractivity contribution in [2.75, 3.05) is 0 Å². The highest BCUT2D eigenvalue weighted by Crippen LogP contribution is 2.23. The van der Waals surface area contributed by atoms with Crippen molar-refractivity contribution < 1.29 is 4.39 Å². The van der Waals surface area contributed by atoms with Gasteiger partial charge in [0.15, 0.2) is 0 Å². The molecule has 0 aliphatic heterocycles. The summed E-state index contributed by atoms with van der Waals surface area (Å²) in [5, 5.41) is 8.89. The summed E-state index contributed by atoms with van der Waals surface area (Å²) in [7, 11) is 0. The van der Waals surface area contributed by atoms with Gasteiger partial charge < -0.3 is 0 Å². The molecule has 0 saturated heterocycles. The Kier molecular flexibility index (Phi) is 2.47. The Morgan fingerprint density at radius 3 is 2.40 bits per heavy atom. The summed E-state index contributed by atoms with van der Waals surface area (Å²) in [5.41, 5.74) is 2.05. The fraction of sp³-hybridized carbons (Fsp3) is 0. The minimum Gasteiger partial charge on any atom is -0.207 e. The van der Waals surface area contributed by atoms with Gasteiger partial charge >= 0.3 is 0 Å². The van der Waals surface area contributed by atoms with E-state index in [1.165, 1.54) is 12.1 Å². The van der Waals surface area contributed by atoms with E-state index in [9.17, 15) is 4.39 Å². The summed E-state index contributed by atoms with van der Waals surface area (Å²) >= 11 is 0. The standard InChI is InChI=1S/C13H8FN/c14-12-6-7-13(11(8-12)9-15)10-4-2-1-3-5-10/h1-8H. The number of halogens is 1. The zero-order valence-electron chi connectivity index (χ0n) is 7.94. The summed E-state index contributed by atoms with van der Waals surface area (Å²) in [6, 6.07) is 15.7. The molecule has 1 nitrogen and oxygen atoms in total. The average Bonchev–Trinajstić information content (AvgIpc) is 2.30. The van der Waals surface area contributed by atoms with Gasteiger partial charge in [-0.15, -0.1) is 0 Å². The van der Waals surface area contributed by atoms with Crippen LogP contribution in [0.2, 0.25) is 0 Å². The highest BCUT2D eigenvalue weighted by Gasteiger charge is 2.04. The first-order valence-corrected chi connectivity index (χ1v) is 4.56. The van der Waals surface area contributed by atoms with E-state index in [1.54, 1.807) is 6.07 Å². The second kappa shape index (κ2) is 3.93. The quantitative estimate of drug-likeness (QED) is 0.687. The molecule has 0 spiro atoms. The molecule has 0 N–H and O–H groups in total. The first kappa shape index (κ1) is 9.42. The molecule has 15 heavy (non-hydrogen) atoms. The van der Waals surface area contributed by atoms with Crippen LogP contribution >= 0.6 is 0 Å². The molecule has 0 heterocycles. The van der Waals surface area contributed by atoms with Crippen molar-refractivity contribution in [1.82, 2.24) is 0 Å². The third-order valence-electron chi connectivity index (χ3n) is 2.19. The van der Waals surface area contributed by atoms with Crippen molar-refractivity contribution in [3.05, 3.63) is 59.9 Å². The van der Waals surface area contributed by atoms with Gasteiger partial charge in [-0.1, -0.05) is 36.4 Å². The van der Waals surface area contributed by atoms with E-state index >= 15 is 0 Å². The highest BCUT2D eigenvalue weighted by molar-refractivity contribution is 5.70. The largest absolute Gasteiger partial charge is 0.207 e. The molecule has 72 valence electrons. The number of benzene rings is 2. The number of rotatable bonds is 1. The van der Waals surface area contributed by atoms with Crippen LogP contribution in [0.1, 0.15) is 5.56 Å². The molecular weight excluding hydrogens is 189 g/mol. The fourth-order valence-electron chi connectivity index (χ4n) is 1.48. The van der Waals surface area contributed by atoms with Crippen molar-refractivity contribution in [3.63, 3.8) is 0 Å². The zero-order valence-corrected chi connectivity index (χ0v) is 7.94. The third kappa shape index (κ3) is 1.87. The first-order chi connectivity index (χ1) is 7.31. The van der Waals surface area contributed by atoms with E-state index in [1.807, 2.05) is 36.4 Å². The molecule has 0 atom stereocenters. The van der Waals surface area contributed by atoms with Crippen molar-refractivity contribution in [3.8, 4) is 17.2 Å². The Labute approximate surface area is 87.4 Å². The molecule has 0 fully saturated rings. The zero-order chi connectivity index (χ0) is 10.7. The molecule has 2 rings (SSSR count). The van der Waals surface area contributed by atoms with Gasteiger partial charge in [-0.05, 0) is 23.3 Å². The maximum Gasteiger partial charge on any atom is 0.124 e. The number of hydrogen-bond donors (Lipinski definition) is 0. The summed E-state index contributed by atoms with van der Waals surface area (Å²) < 4.78 is 12.9. The number of hydrogen-bond acceptors (Lipinski definition) is 1. The van der Waals surface area contributed by atoms with E-state index in [4.69, 9.17) is 5.26 Å². The molecule has 0 aliphatic rings. The van der Waals surface area contributed by atoms with Gasteiger partial charge in [0.1, 0.15) is 5.82 Å². The first-order valence-electron chi connectivity index (χ1n) is 4.56. The monoisotopic (exact) mass is 197 g/mol. The van der Waals surface area contributed by atoms with Gasteiger partial charge in [0, 0.05) is 0 Å². The second-order valence-electron chi connectivity index (χ2n) is 3.17. The third-order valence-corrected chi connectivity index (χ3v) is 2.19. The van der Waals surface area contributed by atoms with Crippen LogP contribution in [0.3, 0.4) is 0 Å². The van der Waals surface area contributed by atoms with Crippen molar-refractivity contribution >= 4 is 0 Å². The van der Waals surface area contributed by atoms with E-state index in [-0.39, 0.29) is 5.82 Å². The normalized spacial score (nSPS) is 9.60. The minimum absolute atomic E-state index is 0.362. The van der Waals surface area contributed by atoms with Crippen LogP contribution in [0.25, 0.3) is 11.1 Å². The van der Waals surface area contributed by atoms with E-state index in [0.717, 1.165) is 11.1 Å². The molecule has 0 amide bonds. The van der Waals surface area contributed by atoms with Gasteiger partial charge in [-0.25, -0.2) is 4.39 Å². The lowest BCUT2D eigenvalue weighted by Gasteiger charge is -2.03. The lowest BCUT2D eigenvalue weighted by molar-refractivity contribution is 0.627. The molecule has 0 aromatic heterocycles. The summed E-state index contributed by atoms with van der Waals surface area (Å²) in [5.74, 6) is -0.383. The van der Waals surface area contributed by atoms with Gasteiger partial charge in [0.2, 0.25) is 0 Å². The number of nitriles is 1. The minimum atomic E-state index is -0.383. The predicted molar refractivity (Wildman–Crippen MR) is 56.6 cm³/mol. The van der Waals surface area contributed by atoms with Crippen LogP contribution in [0, 0.1) is 17.1 Å². The Balaban J connectivity index is 2.60. The van der Waals surface area contributed by atoms with Gasteiger partial charge in [-0.2, -0.15) is 5.26 Å². The SMILES string of the molecule is N#Cc1cc(F)ccc1-c1ccccc1. The number of nitrogens with zero attached hydrogens (tertiary/aromatic N) is 1. The molecule has 0 radical (unpaired) electrons. The highest BCUT2D eigenvalue weighted by atomic mass is 19.1. The van der Waals surface area contributed by atoms with E-state index < -0.39 is 0 Å². The molecule has 2 aromatic rings. The molecule has 0 bridgehead atoms. The maximum atomic E-state index is 12.9. The Bertz CT molecular complexity index is 512. The predicted octanol–water partition coefficient (Wildman–Crippen LogP) is 3.36. The van der Waals surface area contributed by atoms with Crippen LogP contribution in [0.15, 0.2) is 48.5 Å². The average molecular weight is 197 g/mol. The lowest BCUT2D eigenvalue weighted by atomic mass is 10.0. The smallest absolute Gasteiger partial charge is 0.124 e. The van der Waals surface area contributed by atoms with Crippen molar-refractivity contribution in [1.29, 1.82) is 5.26 Å². The van der Waals surface area contributed by atoms with Crippen LogP contribution in [0.5, 0.6) is 0 Å². The molecule has 0 unspecified atom stereocenters. The summed E-state index contributed by atoms with van der Waals surface area (Å²) in [6.45, 7) is 0. The molecular formula is C13H8FN. The topological polar surface area (TPSA) is 23.8 Å². The van der Waals surface area contributed by atoms with Crippen molar-refractivity contribution in [2.45, 2.75) is 0 Å². The van der Waals surface area contributed by atoms with Crippen molar-refractivity contribution in [2.24, 2.45) is 0 Å². The summed E-state index contributed by atoms with van der Waals surface area (Å²) in [6.07, 6.45) is 0. The lowest BCUT2D eigenvalue weighted by Crippen LogP contribution is -1.85. The van der Waals surface area contributed by atoms with E-state index in [0.29, 0.717) is 5.56 Å². The Morgan fingerprint density at radius 1 is 1.00 bits per heavy atom. The van der Waals surface area contributed by atoms with Gasteiger partial charge in [-0.3, -0.25) is 0 Å². The molecule has 2 aromatic carbocycles. The second-order valence-corrected chi connectivity index (χ2v) is 3.17. The van der Waals surface area contributed by atoms with Gasteiger partial charge in [0.25, 0.3) is 0 Å². The van der Waals surface area contributed by atoms with Crippen LogP contribution in [-0.2, 0) is 0 Å². The molecule has 0 saturated carbocycles. The summed E-state index contributed by atoms with van der Waals surface area (Å²) in [4.78, 5) is 0. The van der Waals surface area contributed by atoms with Gasteiger partial charge in [0.05, 0.1) is 11.6 Å². The maximum absolute atomic E-state index is 12.9. The molecule has 2 heteroatoms. The fourth-order valence-corrected chi connectivity index (χ4v) is 1.48. The Hall–Kier alpha value is -2.14. The van der Waals surface area contributed by atoms with E-state index in [2.05, 4.69) is 0 Å². The van der Waals surface area contributed by atoms with Crippen LogP contribution < -0.4 is 0 Å².